The molecule has 0 radical (unpaired) electrons. The molecule has 1 aromatic carbocycles. The van der Waals surface area contributed by atoms with E-state index in [2.05, 4.69) is 18.3 Å². The van der Waals surface area contributed by atoms with Crippen molar-refractivity contribution in [2.75, 3.05) is 11.4 Å². The molecule has 4 nitrogen and oxygen atoms in total. The molecule has 1 saturated heterocycles. The number of benzene rings is 1. The van der Waals surface area contributed by atoms with Gasteiger partial charge in [0, 0.05) is 18.7 Å². The van der Waals surface area contributed by atoms with Crippen LogP contribution in [0.25, 0.3) is 0 Å². The molecule has 1 N–H and O–H groups in total. The Bertz CT molecular complexity index is 483. The number of hydrogen-bond donors (Lipinski definition) is 1. The molecule has 0 saturated carbocycles. The molecule has 0 atom stereocenters. The molecule has 2 rings (SSSR count). The van der Waals surface area contributed by atoms with E-state index in [1.54, 1.807) is 4.90 Å². The smallest absolute Gasteiger partial charge is 0.293 e. The number of hydrogen-bond acceptors (Lipinski definition) is 2. The molecule has 0 aliphatic carbocycles. The van der Waals surface area contributed by atoms with Gasteiger partial charge in [-0.2, -0.15) is 0 Å². The minimum atomic E-state index is -0.317. The standard InChI is InChI=1S/C14H18N2O2/c1-3-4-11-6-5-10(2)12(9-11)16-8-7-13(17)15-14(16)18/h5-6,9H,3-4,7-8H2,1-2H3,(H,15,17,18). The van der Waals surface area contributed by atoms with E-state index in [-0.39, 0.29) is 11.9 Å². The zero-order chi connectivity index (χ0) is 13.1. The number of anilines is 1. The molecular formula is C14H18N2O2. The minimum Gasteiger partial charge on any atom is -0.293 e. The first-order chi connectivity index (χ1) is 8.61. The summed E-state index contributed by atoms with van der Waals surface area (Å²) in [6, 6.07) is 5.86. The third-order valence-corrected chi connectivity index (χ3v) is 3.16. The SMILES string of the molecule is CCCc1ccc(C)c(N2CCC(=O)NC2=O)c1. The molecule has 0 aromatic heterocycles. The topological polar surface area (TPSA) is 49.4 Å². The third-order valence-electron chi connectivity index (χ3n) is 3.16. The van der Waals surface area contributed by atoms with Crippen LogP contribution in [0.3, 0.4) is 0 Å². The van der Waals surface area contributed by atoms with Crippen molar-refractivity contribution in [3.05, 3.63) is 29.3 Å². The van der Waals surface area contributed by atoms with Crippen LogP contribution >= 0.6 is 0 Å². The second-order valence-electron chi connectivity index (χ2n) is 4.63. The van der Waals surface area contributed by atoms with Crippen molar-refractivity contribution in [2.24, 2.45) is 0 Å². The number of nitrogens with zero attached hydrogens (tertiary/aromatic N) is 1. The number of nitrogens with one attached hydrogen (secondary N) is 1. The Balaban J connectivity index is 2.28. The highest BCUT2D eigenvalue weighted by Crippen LogP contribution is 2.24. The fourth-order valence-corrected chi connectivity index (χ4v) is 2.18. The normalized spacial score (nSPS) is 15.8. The summed E-state index contributed by atoms with van der Waals surface area (Å²) in [4.78, 5) is 24.6. The monoisotopic (exact) mass is 246 g/mol. The highest BCUT2D eigenvalue weighted by atomic mass is 16.2. The molecule has 0 spiro atoms. The first-order valence-corrected chi connectivity index (χ1v) is 6.32. The van der Waals surface area contributed by atoms with Gasteiger partial charge in [-0.25, -0.2) is 4.79 Å². The van der Waals surface area contributed by atoms with E-state index < -0.39 is 0 Å². The predicted octanol–water partition coefficient (Wildman–Crippen LogP) is 2.39. The van der Waals surface area contributed by atoms with Crippen LogP contribution in [-0.4, -0.2) is 18.5 Å². The number of rotatable bonds is 3. The van der Waals surface area contributed by atoms with Gasteiger partial charge in [0.2, 0.25) is 5.91 Å². The average molecular weight is 246 g/mol. The van der Waals surface area contributed by atoms with E-state index in [0.29, 0.717) is 13.0 Å². The van der Waals surface area contributed by atoms with Crippen molar-refractivity contribution in [3.63, 3.8) is 0 Å². The Morgan fingerprint density at radius 1 is 1.33 bits per heavy atom. The first kappa shape index (κ1) is 12.6. The average Bonchev–Trinajstić information content (AvgIpc) is 2.33. The van der Waals surface area contributed by atoms with E-state index in [1.807, 2.05) is 19.1 Å². The van der Waals surface area contributed by atoms with Crippen molar-refractivity contribution in [2.45, 2.75) is 33.1 Å². The molecule has 1 aliphatic heterocycles. The summed E-state index contributed by atoms with van der Waals surface area (Å²) in [5.41, 5.74) is 3.19. The molecule has 96 valence electrons. The van der Waals surface area contributed by atoms with Crippen LogP contribution in [0.2, 0.25) is 0 Å². The molecular weight excluding hydrogens is 228 g/mol. The van der Waals surface area contributed by atoms with E-state index in [4.69, 9.17) is 0 Å². The van der Waals surface area contributed by atoms with Gasteiger partial charge in [-0.15, -0.1) is 0 Å². The van der Waals surface area contributed by atoms with E-state index in [9.17, 15) is 9.59 Å². The molecule has 1 heterocycles. The number of carbonyl (C=O) groups excluding carboxylic acids is 2. The summed E-state index contributed by atoms with van der Waals surface area (Å²) in [7, 11) is 0. The first-order valence-electron chi connectivity index (χ1n) is 6.32. The molecule has 18 heavy (non-hydrogen) atoms. The van der Waals surface area contributed by atoms with Gasteiger partial charge in [0.15, 0.2) is 0 Å². The van der Waals surface area contributed by atoms with Gasteiger partial charge in [-0.3, -0.25) is 15.0 Å². The summed E-state index contributed by atoms with van der Waals surface area (Å²) >= 11 is 0. The highest BCUT2D eigenvalue weighted by Gasteiger charge is 2.25. The van der Waals surface area contributed by atoms with Crippen molar-refractivity contribution in [1.29, 1.82) is 0 Å². The zero-order valence-corrected chi connectivity index (χ0v) is 10.8. The van der Waals surface area contributed by atoms with Gasteiger partial charge < -0.3 is 0 Å². The van der Waals surface area contributed by atoms with E-state index >= 15 is 0 Å². The number of imide groups is 1. The van der Waals surface area contributed by atoms with E-state index in [0.717, 1.165) is 24.1 Å². The van der Waals surface area contributed by atoms with Crippen LogP contribution < -0.4 is 10.2 Å². The number of aryl methyl sites for hydroxylation is 2. The fraction of sp³-hybridized carbons (Fsp3) is 0.429. The molecule has 1 aliphatic rings. The Kier molecular flexibility index (Phi) is 3.65. The lowest BCUT2D eigenvalue weighted by Crippen LogP contribution is -2.49. The van der Waals surface area contributed by atoms with Gasteiger partial charge in [0.05, 0.1) is 0 Å². The van der Waals surface area contributed by atoms with Crippen LogP contribution in [0, 0.1) is 6.92 Å². The molecule has 1 aromatic rings. The summed E-state index contributed by atoms with van der Waals surface area (Å²) in [6.45, 7) is 4.57. The minimum absolute atomic E-state index is 0.196. The lowest BCUT2D eigenvalue weighted by atomic mass is 10.0. The second kappa shape index (κ2) is 5.21. The molecule has 3 amide bonds. The van der Waals surface area contributed by atoms with Gasteiger partial charge in [-0.1, -0.05) is 25.5 Å². The summed E-state index contributed by atoms with van der Waals surface area (Å²) in [6.07, 6.45) is 2.44. The Morgan fingerprint density at radius 2 is 2.11 bits per heavy atom. The Hall–Kier alpha value is -1.84. The molecule has 4 heteroatoms. The van der Waals surface area contributed by atoms with E-state index in [1.165, 1.54) is 5.56 Å². The number of urea groups is 1. The largest absolute Gasteiger partial charge is 0.328 e. The zero-order valence-electron chi connectivity index (χ0n) is 10.8. The predicted molar refractivity (Wildman–Crippen MR) is 70.7 cm³/mol. The second-order valence-corrected chi connectivity index (χ2v) is 4.63. The maximum absolute atomic E-state index is 11.8. The van der Waals surface area contributed by atoms with Crippen molar-refractivity contribution >= 4 is 17.6 Å². The molecule has 0 bridgehead atoms. The van der Waals surface area contributed by atoms with Gasteiger partial charge in [0.1, 0.15) is 0 Å². The van der Waals surface area contributed by atoms with Crippen molar-refractivity contribution < 1.29 is 9.59 Å². The summed E-state index contributed by atoms with van der Waals surface area (Å²) in [5.74, 6) is -0.196. The van der Waals surface area contributed by atoms with Crippen LogP contribution in [0.5, 0.6) is 0 Å². The van der Waals surface area contributed by atoms with Crippen LogP contribution in [0.4, 0.5) is 10.5 Å². The maximum atomic E-state index is 11.8. The van der Waals surface area contributed by atoms with Crippen LogP contribution in [0.15, 0.2) is 18.2 Å². The molecule has 0 unspecified atom stereocenters. The quantitative estimate of drug-likeness (QED) is 0.890. The lowest BCUT2D eigenvalue weighted by molar-refractivity contribution is -0.120. The third kappa shape index (κ3) is 2.53. The number of amides is 3. The van der Waals surface area contributed by atoms with Crippen LogP contribution in [0.1, 0.15) is 30.9 Å². The van der Waals surface area contributed by atoms with Gasteiger partial charge in [0.25, 0.3) is 0 Å². The Labute approximate surface area is 107 Å². The lowest BCUT2D eigenvalue weighted by Gasteiger charge is -2.28. The van der Waals surface area contributed by atoms with Gasteiger partial charge >= 0.3 is 6.03 Å². The molecule has 1 fully saturated rings. The Morgan fingerprint density at radius 3 is 2.78 bits per heavy atom. The number of carbonyl (C=O) groups is 2. The summed E-state index contributed by atoms with van der Waals surface area (Å²) in [5, 5.41) is 2.35. The van der Waals surface area contributed by atoms with Crippen molar-refractivity contribution in [1.82, 2.24) is 5.32 Å². The van der Waals surface area contributed by atoms with Crippen LogP contribution in [-0.2, 0) is 11.2 Å². The van der Waals surface area contributed by atoms with Crippen molar-refractivity contribution in [3.8, 4) is 0 Å². The highest BCUT2D eigenvalue weighted by molar-refractivity contribution is 6.05. The van der Waals surface area contributed by atoms with Gasteiger partial charge in [-0.05, 0) is 30.5 Å². The maximum Gasteiger partial charge on any atom is 0.328 e. The fourth-order valence-electron chi connectivity index (χ4n) is 2.18. The summed E-state index contributed by atoms with van der Waals surface area (Å²) < 4.78 is 0.